The molecule has 0 aliphatic rings. The summed E-state index contributed by atoms with van der Waals surface area (Å²) < 4.78 is 11.1. The molecule has 0 aromatic heterocycles. The van der Waals surface area contributed by atoms with Crippen LogP contribution in [0.4, 0.5) is 0 Å². The zero-order chi connectivity index (χ0) is 9.72. The third kappa shape index (κ3) is 3.85. The second-order valence-corrected chi connectivity index (χ2v) is 4.91. The van der Waals surface area contributed by atoms with Crippen molar-refractivity contribution in [2.24, 2.45) is 0 Å². The predicted octanol–water partition coefficient (Wildman–Crippen LogP) is -0.0954. The number of rotatable bonds is 5. The Bertz CT molecular complexity index is 182. The SMILES string of the molecule is CC(C)[PH](=O)N[C@@H](CO)C(=O)O. The van der Waals surface area contributed by atoms with Crippen molar-refractivity contribution in [3.05, 3.63) is 0 Å². The lowest BCUT2D eigenvalue weighted by Gasteiger charge is -2.12. The molecular formula is C6H14NO4P. The zero-order valence-corrected chi connectivity index (χ0v) is 8.07. The summed E-state index contributed by atoms with van der Waals surface area (Å²) in [6.07, 6.45) is 0. The van der Waals surface area contributed by atoms with Crippen molar-refractivity contribution < 1.29 is 19.6 Å². The first-order valence-electron chi connectivity index (χ1n) is 3.63. The first-order valence-corrected chi connectivity index (χ1v) is 5.11. The largest absolute Gasteiger partial charge is 0.480 e. The van der Waals surface area contributed by atoms with Crippen molar-refractivity contribution in [2.45, 2.75) is 25.5 Å². The van der Waals surface area contributed by atoms with Gasteiger partial charge < -0.3 is 14.8 Å². The van der Waals surface area contributed by atoms with E-state index in [1.54, 1.807) is 13.8 Å². The summed E-state index contributed by atoms with van der Waals surface area (Å²) in [5, 5.41) is 19.4. The van der Waals surface area contributed by atoms with Crippen LogP contribution in [0.2, 0.25) is 0 Å². The van der Waals surface area contributed by atoms with Crippen molar-refractivity contribution in [2.75, 3.05) is 6.61 Å². The predicted molar refractivity (Wildman–Crippen MR) is 45.8 cm³/mol. The van der Waals surface area contributed by atoms with Crippen molar-refractivity contribution in [3.63, 3.8) is 0 Å². The Balaban J connectivity index is 4.03. The molecule has 0 heterocycles. The Kier molecular flexibility index (Phi) is 5.13. The Morgan fingerprint density at radius 1 is 1.58 bits per heavy atom. The number of carboxylic acids is 1. The van der Waals surface area contributed by atoms with Gasteiger partial charge in [0.15, 0.2) is 0 Å². The molecule has 72 valence electrons. The molecule has 0 aliphatic carbocycles. The Labute approximate surface area is 71.6 Å². The highest BCUT2D eigenvalue weighted by Crippen LogP contribution is 2.22. The summed E-state index contributed by atoms with van der Waals surface area (Å²) in [4.78, 5) is 10.3. The summed E-state index contributed by atoms with van der Waals surface area (Å²) >= 11 is 0. The normalized spacial score (nSPS) is 16.0. The topological polar surface area (TPSA) is 86.6 Å². The van der Waals surface area contributed by atoms with Crippen LogP contribution in [0.1, 0.15) is 13.8 Å². The fraction of sp³-hybridized carbons (Fsp3) is 0.833. The minimum Gasteiger partial charge on any atom is -0.480 e. The lowest BCUT2D eigenvalue weighted by Crippen LogP contribution is -2.36. The van der Waals surface area contributed by atoms with E-state index in [9.17, 15) is 9.36 Å². The number of hydrogen-bond donors (Lipinski definition) is 3. The molecule has 12 heavy (non-hydrogen) atoms. The smallest absolute Gasteiger partial charge is 0.323 e. The van der Waals surface area contributed by atoms with Gasteiger partial charge in [0.2, 0.25) is 0 Å². The van der Waals surface area contributed by atoms with Gasteiger partial charge in [0.05, 0.1) is 6.61 Å². The van der Waals surface area contributed by atoms with Crippen molar-refractivity contribution in [1.29, 1.82) is 0 Å². The molecule has 5 nitrogen and oxygen atoms in total. The average molecular weight is 195 g/mol. The van der Waals surface area contributed by atoms with Gasteiger partial charge in [0, 0.05) is 5.66 Å². The van der Waals surface area contributed by atoms with E-state index in [0.29, 0.717) is 0 Å². The lowest BCUT2D eigenvalue weighted by atomic mass is 10.3. The summed E-state index contributed by atoms with van der Waals surface area (Å²) in [6, 6.07) is -1.11. The van der Waals surface area contributed by atoms with Gasteiger partial charge >= 0.3 is 5.97 Å². The molecule has 0 saturated heterocycles. The minimum atomic E-state index is -2.10. The molecule has 0 spiro atoms. The number of aliphatic hydroxyl groups is 1. The standard InChI is InChI=1S/C6H14NO4P/c1-4(2)12(11)7-5(3-8)6(9)10/h4-5,8,12H,3H2,1-2H3,(H,7,11)(H,9,10)/t5-/m0/s1. The fourth-order valence-electron chi connectivity index (χ4n) is 0.524. The van der Waals surface area contributed by atoms with Crippen LogP contribution >= 0.6 is 7.95 Å². The van der Waals surface area contributed by atoms with E-state index < -0.39 is 26.6 Å². The Morgan fingerprint density at radius 3 is 2.33 bits per heavy atom. The second-order valence-electron chi connectivity index (χ2n) is 2.74. The molecule has 0 aromatic carbocycles. The van der Waals surface area contributed by atoms with Gasteiger partial charge in [-0.15, -0.1) is 0 Å². The molecular weight excluding hydrogens is 181 g/mol. The van der Waals surface area contributed by atoms with Crippen LogP contribution in [0.25, 0.3) is 0 Å². The molecule has 0 aromatic rings. The monoisotopic (exact) mass is 195 g/mol. The van der Waals surface area contributed by atoms with E-state index in [0.717, 1.165) is 0 Å². The number of nitrogens with one attached hydrogen (secondary N) is 1. The Hall–Kier alpha value is -0.380. The van der Waals surface area contributed by atoms with E-state index >= 15 is 0 Å². The van der Waals surface area contributed by atoms with E-state index in [2.05, 4.69) is 5.09 Å². The maximum absolute atomic E-state index is 11.1. The quantitative estimate of drug-likeness (QED) is 0.533. The van der Waals surface area contributed by atoms with E-state index in [-0.39, 0.29) is 5.66 Å². The van der Waals surface area contributed by atoms with Crippen molar-refractivity contribution >= 4 is 13.9 Å². The van der Waals surface area contributed by atoms with E-state index in [1.807, 2.05) is 0 Å². The molecule has 1 unspecified atom stereocenters. The number of carbonyl (C=O) groups is 1. The van der Waals surface area contributed by atoms with Crippen molar-refractivity contribution in [1.82, 2.24) is 5.09 Å². The maximum atomic E-state index is 11.1. The highest BCUT2D eigenvalue weighted by molar-refractivity contribution is 7.43. The van der Waals surface area contributed by atoms with Gasteiger partial charge in [0.1, 0.15) is 14.0 Å². The van der Waals surface area contributed by atoms with Gasteiger partial charge in [-0.2, -0.15) is 0 Å². The molecule has 2 atom stereocenters. The van der Waals surface area contributed by atoms with Crippen LogP contribution in [-0.2, 0) is 9.36 Å². The molecule has 0 rings (SSSR count). The molecule has 6 heteroatoms. The van der Waals surface area contributed by atoms with Gasteiger partial charge in [-0.25, -0.2) is 0 Å². The molecule has 0 aliphatic heterocycles. The molecule has 0 radical (unpaired) electrons. The highest BCUT2D eigenvalue weighted by Gasteiger charge is 2.18. The van der Waals surface area contributed by atoms with Gasteiger partial charge in [0.25, 0.3) is 0 Å². The van der Waals surface area contributed by atoms with Crippen LogP contribution in [0, 0.1) is 0 Å². The summed E-state index contributed by atoms with van der Waals surface area (Å²) in [5.74, 6) is -1.18. The van der Waals surface area contributed by atoms with E-state index in [4.69, 9.17) is 10.2 Å². The van der Waals surface area contributed by atoms with Crippen LogP contribution in [0.5, 0.6) is 0 Å². The molecule has 0 amide bonds. The number of carboxylic acid groups (broad SMARTS) is 1. The zero-order valence-electron chi connectivity index (χ0n) is 7.07. The minimum absolute atomic E-state index is 0.0941. The average Bonchev–Trinajstić information content (AvgIpc) is 1.98. The first kappa shape index (κ1) is 11.6. The summed E-state index contributed by atoms with van der Waals surface area (Å²) in [5.41, 5.74) is -0.0941. The van der Waals surface area contributed by atoms with Crippen LogP contribution in [0.3, 0.4) is 0 Å². The molecule has 0 bridgehead atoms. The number of hydrogen-bond acceptors (Lipinski definition) is 3. The lowest BCUT2D eigenvalue weighted by molar-refractivity contribution is -0.139. The summed E-state index contributed by atoms with van der Waals surface area (Å²) in [7, 11) is -2.10. The van der Waals surface area contributed by atoms with Crippen molar-refractivity contribution in [3.8, 4) is 0 Å². The molecule has 0 saturated carbocycles. The third-order valence-electron chi connectivity index (χ3n) is 1.32. The van der Waals surface area contributed by atoms with Gasteiger partial charge in [-0.1, -0.05) is 13.8 Å². The number of aliphatic carboxylic acids is 1. The maximum Gasteiger partial charge on any atom is 0.323 e. The second kappa shape index (κ2) is 5.30. The van der Waals surface area contributed by atoms with Crippen LogP contribution in [0.15, 0.2) is 0 Å². The van der Waals surface area contributed by atoms with Crippen LogP contribution in [-0.4, -0.2) is 34.5 Å². The summed E-state index contributed by atoms with van der Waals surface area (Å²) in [6.45, 7) is 2.91. The molecule has 3 N–H and O–H groups in total. The van der Waals surface area contributed by atoms with Gasteiger partial charge in [-0.3, -0.25) is 9.88 Å². The number of aliphatic hydroxyl groups excluding tert-OH is 1. The third-order valence-corrected chi connectivity index (χ3v) is 3.00. The molecule has 0 fully saturated rings. The van der Waals surface area contributed by atoms with Gasteiger partial charge in [-0.05, 0) is 0 Å². The Morgan fingerprint density at radius 2 is 2.08 bits per heavy atom. The highest BCUT2D eigenvalue weighted by atomic mass is 31.1. The first-order chi connectivity index (χ1) is 5.49. The van der Waals surface area contributed by atoms with Crippen LogP contribution < -0.4 is 5.09 Å². The fourth-order valence-corrected chi connectivity index (χ4v) is 1.42. The van der Waals surface area contributed by atoms with E-state index in [1.165, 1.54) is 0 Å².